The van der Waals surface area contributed by atoms with Gasteiger partial charge >= 0.3 is 0 Å². The molecule has 37 heavy (non-hydrogen) atoms. The second-order valence-electron chi connectivity index (χ2n) is 9.94. The van der Waals surface area contributed by atoms with E-state index >= 15 is 0 Å². The number of ether oxygens (including phenoxy) is 2. The Morgan fingerprint density at radius 1 is 1.32 bits per heavy atom. The number of para-hydroxylation sites is 1. The highest BCUT2D eigenvalue weighted by molar-refractivity contribution is 9.10. The number of benzene rings is 2. The molecule has 0 spiro atoms. The van der Waals surface area contributed by atoms with Gasteiger partial charge < -0.3 is 9.47 Å². The third-order valence-electron chi connectivity index (χ3n) is 5.98. The maximum Gasteiger partial charge on any atom is 0.269 e. The van der Waals surface area contributed by atoms with E-state index in [0.717, 1.165) is 25.0 Å². The molecule has 1 aromatic heterocycles. The van der Waals surface area contributed by atoms with E-state index in [1.54, 1.807) is 6.08 Å². The predicted molar refractivity (Wildman–Crippen MR) is 149 cm³/mol. The van der Waals surface area contributed by atoms with Crippen LogP contribution in [-0.2, 0) is 16.1 Å². The highest BCUT2D eigenvalue weighted by Crippen LogP contribution is 2.25. The van der Waals surface area contributed by atoms with Crippen LogP contribution in [0.15, 0.2) is 45.7 Å². The molecule has 2 aromatic carbocycles. The number of rotatable bonds is 7. The molecule has 1 saturated heterocycles. The first kappa shape index (κ1) is 27.8. The van der Waals surface area contributed by atoms with E-state index in [1.165, 1.54) is 34.1 Å². The number of halogens is 3. The Kier molecular flexibility index (Phi) is 8.74. The quantitative estimate of drug-likeness (QED) is 0.342. The lowest BCUT2D eigenvalue weighted by Crippen LogP contribution is -2.33. The predicted octanol–water partition coefficient (Wildman–Crippen LogP) is 5.30. The first-order valence-electron chi connectivity index (χ1n) is 12.0. The van der Waals surface area contributed by atoms with Crippen molar-refractivity contribution in [1.82, 2.24) is 4.57 Å². The Hall–Kier alpha value is -2.26. The van der Waals surface area contributed by atoms with Crippen molar-refractivity contribution in [2.45, 2.75) is 46.3 Å². The normalized spacial score (nSPS) is 17.0. The minimum absolute atomic E-state index is 0.0588. The molecule has 1 aliphatic heterocycles. The molecule has 196 valence electrons. The average Bonchev–Trinajstić information content (AvgIpc) is 3.45. The zero-order valence-corrected chi connectivity index (χ0v) is 24.0. The summed E-state index contributed by atoms with van der Waals surface area (Å²) in [5, 5.41) is 0.340. The van der Waals surface area contributed by atoms with Gasteiger partial charge in [0, 0.05) is 34.2 Å². The van der Waals surface area contributed by atoms with Crippen molar-refractivity contribution >= 4 is 56.8 Å². The smallest absolute Gasteiger partial charge is 0.269 e. The highest BCUT2D eigenvalue weighted by atomic mass is 79.9. The number of hydrogen-bond acceptors (Lipinski definition) is 5. The van der Waals surface area contributed by atoms with Crippen LogP contribution in [0, 0.1) is 11.2 Å². The fourth-order valence-electron chi connectivity index (χ4n) is 3.85. The molecule has 4 rings (SSSR count). The van der Waals surface area contributed by atoms with Crippen LogP contribution in [0.25, 0.3) is 12.2 Å². The topological polar surface area (TPSA) is 57.5 Å². The van der Waals surface area contributed by atoms with Crippen LogP contribution in [-0.4, -0.2) is 29.7 Å². The summed E-state index contributed by atoms with van der Waals surface area (Å²) in [4.78, 5) is 26.4. The van der Waals surface area contributed by atoms with Crippen molar-refractivity contribution in [3.05, 3.63) is 82.4 Å². The van der Waals surface area contributed by atoms with Crippen LogP contribution in [0.1, 0.15) is 44.7 Å². The van der Waals surface area contributed by atoms with Crippen molar-refractivity contribution in [1.29, 1.82) is 0 Å². The van der Waals surface area contributed by atoms with Gasteiger partial charge in [0.25, 0.3) is 5.56 Å². The molecule has 0 bridgehead atoms. The summed E-state index contributed by atoms with van der Waals surface area (Å²) < 4.78 is 29.0. The van der Waals surface area contributed by atoms with Crippen molar-refractivity contribution in [3.63, 3.8) is 0 Å². The van der Waals surface area contributed by atoms with E-state index in [1.807, 2.05) is 45.0 Å². The van der Waals surface area contributed by atoms with Crippen molar-refractivity contribution < 1.29 is 18.7 Å². The summed E-state index contributed by atoms with van der Waals surface area (Å²) in [6.07, 6.45) is 5.24. The Morgan fingerprint density at radius 2 is 2.08 bits per heavy atom. The van der Waals surface area contributed by atoms with Gasteiger partial charge in [0.1, 0.15) is 22.8 Å². The summed E-state index contributed by atoms with van der Waals surface area (Å²) in [5.41, 5.74) is 0.00435. The molecule has 1 atom stereocenters. The molecule has 1 aliphatic rings. The minimum Gasteiger partial charge on any atom is -0.490 e. The average molecular weight is 609 g/mol. The lowest BCUT2D eigenvalue weighted by molar-refractivity contribution is -0.120. The van der Waals surface area contributed by atoms with Gasteiger partial charge in [-0.05, 0) is 53.0 Å². The van der Waals surface area contributed by atoms with E-state index in [2.05, 4.69) is 15.9 Å². The molecule has 0 radical (unpaired) electrons. The molecule has 0 amide bonds. The fraction of sp³-hybridized carbons (Fsp3) is 0.357. The number of carbonyl (C=O) groups excluding carboxylic acids is 1. The molecule has 3 aromatic rings. The summed E-state index contributed by atoms with van der Waals surface area (Å²) >= 11 is 10.5. The second-order valence-corrected chi connectivity index (χ2v) is 12.3. The molecule has 2 heterocycles. The summed E-state index contributed by atoms with van der Waals surface area (Å²) in [6, 6.07) is 10.4. The number of aromatic nitrogens is 1. The monoisotopic (exact) mass is 607 g/mol. The third kappa shape index (κ3) is 6.79. The molecule has 0 saturated carbocycles. The van der Waals surface area contributed by atoms with E-state index in [4.69, 9.17) is 21.1 Å². The van der Waals surface area contributed by atoms with Crippen LogP contribution in [0.2, 0.25) is 5.02 Å². The Labute approximate surface area is 232 Å². The van der Waals surface area contributed by atoms with Crippen molar-refractivity contribution in [2.75, 3.05) is 13.2 Å². The largest absolute Gasteiger partial charge is 0.490 e. The third-order valence-corrected chi connectivity index (χ3v) is 7.84. The standard InChI is InChI=1S/C28H28BrClFNO4S/c1-28(2,3)24(33)14-25-32(15-18-11-19(30)13-21(29)26(18)31)27(34)23(37-25)12-17-7-4-5-9-22(17)36-16-20-8-6-10-35-20/h4-5,7,9,11-14,20H,6,8,10,15-16H2,1-3H3/b23-12+,25-14-. The van der Waals surface area contributed by atoms with Gasteiger partial charge in [0.2, 0.25) is 0 Å². The van der Waals surface area contributed by atoms with Gasteiger partial charge in [-0.25, -0.2) is 4.39 Å². The molecule has 0 aliphatic carbocycles. The van der Waals surface area contributed by atoms with Crippen LogP contribution in [0.5, 0.6) is 5.75 Å². The molecule has 5 nitrogen and oxygen atoms in total. The maximum atomic E-state index is 14.9. The zero-order valence-electron chi connectivity index (χ0n) is 20.9. The van der Waals surface area contributed by atoms with E-state index in [0.29, 0.717) is 26.6 Å². The Balaban J connectivity index is 1.80. The lowest BCUT2D eigenvalue weighted by atomic mass is 9.91. The summed E-state index contributed by atoms with van der Waals surface area (Å²) in [5.74, 6) is -0.00504. The number of Topliss-reactive ketones (excluding diaryl/α,β-unsaturated/α-hetero) is 1. The van der Waals surface area contributed by atoms with Gasteiger partial charge in [0.05, 0.1) is 21.7 Å². The summed E-state index contributed by atoms with van der Waals surface area (Å²) in [7, 11) is 0. The lowest BCUT2D eigenvalue weighted by Gasteiger charge is -2.13. The van der Waals surface area contributed by atoms with E-state index < -0.39 is 11.2 Å². The van der Waals surface area contributed by atoms with Gasteiger partial charge in [-0.15, -0.1) is 11.3 Å². The number of carbonyl (C=O) groups is 1. The SMILES string of the molecule is CC(C)(C)C(=O)/C=c1\s/c(=C/c2ccccc2OCC2CCCO2)c(=O)n1Cc1cc(Cl)cc(Br)c1F. The van der Waals surface area contributed by atoms with E-state index in [-0.39, 0.29) is 34.0 Å². The highest BCUT2D eigenvalue weighted by Gasteiger charge is 2.21. The number of ketones is 1. The minimum atomic E-state index is -0.637. The fourth-order valence-corrected chi connectivity index (χ4v) is 5.75. The zero-order chi connectivity index (χ0) is 26.7. The number of nitrogens with zero attached hydrogens (tertiary/aromatic N) is 1. The van der Waals surface area contributed by atoms with Gasteiger partial charge in [-0.1, -0.05) is 50.6 Å². The van der Waals surface area contributed by atoms with Gasteiger partial charge in [-0.2, -0.15) is 0 Å². The second kappa shape index (κ2) is 11.6. The number of thiazole rings is 1. The maximum absolute atomic E-state index is 14.9. The van der Waals surface area contributed by atoms with Crippen LogP contribution < -0.4 is 19.5 Å². The molecule has 1 unspecified atom stereocenters. The number of hydrogen-bond donors (Lipinski definition) is 0. The van der Waals surface area contributed by atoms with Gasteiger partial charge in [-0.3, -0.25) is 14.2 Å². The molecule has 0 N–H and O–H groups in total. The van der Waals surface area contributed by atoms with Crippen molar-refractivity contribution in [2.24, 2.45) is 5.41 Å². The van der Waals surface area contributed by atoms with E-state index in [9.17, 15) is 14.0 Å². The van der Waals surface area contributed by atoms with Crippen LogP contribution in [0.3, 0.4) is 0 Å². The van der Waals surface area contributed by atoms with Crippen molar-refractivity contribution in [3.8, 4) is 5.75 Å². The first-order chi connectivity index (χ1) is 17.5. The molecular weight excluding hydrogens is 581 g/mol. The Morgan fingerprint density at radius 3 is 2.78 bits per heavy atom. The summed E-state index contributed by atoms with van der Waals surface area (Å²) in [6.45, 7) is 6.53. The van der Waals surface area contributed by atoms with Gasteiger partial charge in [0.15, 0.2) is 5.78 Å². The molecule has 1 fully saturated rings. The molecular formula is C28H28BrClFNO4S. The molecule has 9 heteroatoms. The Bertz CT molecular complexity index is 1490. The first-order valence-corrected chi connectivity index (χ1v) is 14.0. The van der Waals surface area contributed by atoms with Crippen LogP contribution in [0.4, 0.5) is 4.39 Å². The van der Waals surface area contributed by atoms with Crippen LogP contribution >= 0.6 is 38.9 Å².